The molecule has 1 heterocycles. The number of hydrogen-bond acceptors (Lipinski definition) is 4. The van der Waals surface area contributed by atoms with Gasteiger partial charge in [-0.25, -0.2) is 4.72 Å². The van der Waals surface area contributed by atoms with E-state index in [9.17, 15) is 8.42 Å². The van der Waals surface area contributed by atoms with Gasteiger partial charge >= 0.3 is 0 Å². The number of morpholine rings is 1. The highest BCUT2D eigenvalue weighted by Crippen LogP contribution is 2.25. The SMILES string of the molecule is NC1(CNS(=O)(=O)N2CCOCC2)CCCCC1. The van der Waals surface area contributed by atoms with E-state index in [-0.39, 0.29) is 5.54 Å². The van der Waals surface area contributed by atoms with Gasteiger partial charge in [-0.05, 0) is 12.8 Å². The number of hydrogen-bond donors (Lipinski definition) is 2. The van der Waals surface area contributed by atoms with Crippen LogP contribution in [-0.4, -0.2) is 51.1 Å². The van der Waals surface area contributed by atoms with E-state index in [4.69, 9.17) is 10.5 Å². The monoisotopic (exact) mass is 277 g/mol. The average molecular weight is 277 g/mol. The summed E-state index contributed by atoms with van der Waals surface area (Å²) in [7, 11) is -3.40. The second kappa shape index (κ2) is 5.83. The standard InChI is InChI=1S/C11H23N3O3S/c12-11(4-2-1-3-5-11)10-13-18(15,16)14-6-8-17-9-7-14/h13H,1-10,12H2. The van der Waals surface area contributed by atoms with Gasteiger partial charge in [0.05, 0.1) is 13.2 Å². The van der Waals surface area contributed by atoms with Gasteiger partial charge in [-0.15, -0.1) is 0 Å². The van der Waals surface area contributed by atoms with Gasteiger partial charge in [0, 0.05) is 25.2 Å². The molecule has 0 aromatic heterocycles. The molecule has 0 aromatic rings. The van der Waals surface area contributed by atoms with Crippen molar-refractivity contribution in [2.24, 2.45) is 5.73 Å². The molecule has 1 saturated heterocycles. The van der Waals surface area contributed by atoms with E-state index in [0.717, 1.165) is 25.7 Å². The van der Waals surface area contributed by atoms with Gasteiger partial charge < -0.3 is 10.5 Å². The van der Waals surface area contributed by atoms with Gasteiger partial charge in [-0.3, -0.25) is 0 Å². The van der Waals surface area contributed by atoms with Gasteiger partial charge in [-0.2, -0.15) is 12.7 Å². The van der Waals surface area contributed by atoms with Crippen molar-refractivity contribution in [1.29, 1.82) is 0 Å². The van der Waals surface area contributed by atoms with Crippen molar-refractivity contribution < 1.29 is 13.2 Å². The minimum absolute atomic E-state index is 0.340. The zero-order chi connectivity index (χ0) is 13.1. The van der Waals surface area contributed by atoms with Crippen LogP contribution in [-0.2, 0) is 14.9 Å². The van der Waals surface area contributed by atoms with Crippen molar-refractivity contribution in [1.82, 2.24) is 9.03 Å². The van der Waals surface area contributed by atoms with Crippen LogP contribution >= 0.6 is 0 Å². The van der Waals surface area contributed by atoms with Crippen LogP contribution in [0.2, 0.25) is 0 Å². The molecule has 0 spiro atoms. The molecule has 0 atom stereocenters. The Morgan fingerprint density at radius 2 is 1.78 bits per heavy atom. The molecule has 0 aromatic carbocycles. The molecule has 3 N–H and O–H groups in total. The third-order valence-corrected chi connectivity index (χ3v) is 5.32. The van der Waals surface area contributed by atoms with E-state index in [0.29, 0.717) is 32.8 Å². The maximum absolute atomic E-state index is 12.1. The third-order valence-electron chi connectivity index (χ3n) is 3.77. The van der Waals surface area contributed by atoms with Crippen molar-refractivity contribution in [2.45, 2.75) is 37.6 Å². The van der Waals surface area contributed by atoms with Crippen molar-refractivity contribution >= 4 is 10.2 Å². The van der Waals surface area contributed by atoms with Crippen molar-refractivity contribution in [3.05, 3.63) is 0 Å². The smallest absolute Gasteiger partial charge is 0.279 e. The summed E-state index contributed by atoms with van der Waals surface area (Å²) >= 11 is 0. The molecule has 0 amide bonds. The molecule has 0 radical (unpaired) electrons. The Balaban J connectivity index is 1.87. The number of nitrogens with one attached hydrogen (secondary N) is 1. The van der Waals surface area contributed by atoms with E-state index in [1.165, 1.54) is 10.7 Å². The zero-order valence-electron chi connectivity index (χ0n) is 10.7. The summed E-state index contributed by atoms with van der Waals surface area (Å²) in [6.45, 7) is 2.12. The summed E-state index contributed by atoms with van der Waals surface area (Å²) in [4.78, 5) is 0. The van der Waals surface area contributed by atoms with E-state index < -0.39 is 10.2 Å². The predicted molar refractivity (Wildman–Crippen MR) is 69.3 cm³/mol. The lowest BCUT2D eigenvalue weighted by Crippen LogP contribution is -2.55. The molecule has 6 nitrogen and oxygen atoms in total. The number of ether oxygens (including phenoxy) is 1. The number of nitrogens with zero attached hydrogens (tertiary/aromatic N) is 1. The van der Waals surface area contributed by atoms with Crippen LogP contribution in [0.4, 0.5) is 0 Å². The first-order valence-electron chi connectivity index (χ1n) is 6.63. The summed E-state index contributed by atoms with van der Waals surface area (Å²) in [5, 5.41) is 0. The van der Waals surface area contributed by atoms with Crippen molar-refractivity contribution in [3.63, 3.8) is 0 Å². The van der Waals surface area contributed by atoms with E-state index in [2.05, 4.69) is 4.72 Å². The lowest BCUT2D eigenvalue weighted by Gasteiger charge is -2.34. The maximum atomic E-state index is 12.1. The van der Waals surface area contributed by atoms with Crippen LogP contribution in [0.15, 0.2) is 0 Å². The van der Waals surface area contributed by atoms with Crippen LogP contribution in [0.25, 0.3) is 0 Å². The largest absolute Gasteiger partial charge is 0.379 e. The molecule has 0 bridgehead atoms. The Bertz CT molecular complexity index is 360. The first-order chi connectivity index (χ1) is 8.52. The van der Waals surface area contributed by atoms with E-state index in [1.54, 1.807) is 0 Å². The molecule has 18 heavy (non-hydrogen) atoms. The lowest BCUT2D eigenvalue weighted by atomic mass is 9.83. The summed E-state index contributed by atoms with van der Waals surface area (Å²) in [5.41, 5.74) is 5.86. The van der Waals surface area contributed by atoms with E-state index >= 15 is 0 Å². The molecule has 2 rings (SSSR count). The normalized spacial score (nSPS) is 26.1. The topological polar surface area (TPSA) is 84.7 Å². The molecular formula is C11H23N3O3S. The van der Waals surface area contributed by atoms with Crippen LogP contribution in [0.1, 0.15) is 32.1 Å². The summed E-state index contributed by atoms with van der Waals surface area (Å²) < 4.78 is 33.4. The van der Waals surface area contributed by atoms with Gasteiger partial charge in [0.1, 0.15) is 0 Å². The summed E-state index contributed by atoms with van der Waals surface area (Å²) in [6, 6.07) is 0. The average Bonchev–Trinajstić information content (AvgIpc) is 2.39. The van der Waals surface area contributed by atoms with Crippen LogP contribution in [0.3, 0.4) is 0 Å². The first kappa shape index (κ1) is 14.2. The molecule has 1 saturated carbocycles. The van der Waals surface area contributed by atoms with Crippen molar-refractivity contribution in [2.75, 3.05) is 32.8 Å². The molecule has 1 aliphatic carbocycles. The molecular weight excluding hydrogens is 254 g/mol. The number of nitrogens with two attached hydrogens (primary N) is 1. The fourth-order valence-corrected chi connectivity index (χ4v) is 3.83. The maximum Gasteiger partial charge on any atom is 0.279 e. The molecule has 106 valence electrons. The Kier molecular flexibility index (Phi) is 4.60. The molecule has 1 aliphatic heterocycles. The minimum Gasteiger partial charge on any atom is -0.379 e. The van der Waals surface area contributed by atoms with Gasteiger partial charge in [-0.1, -0.05) is 19.3 Å². The molecule has 7 heteroatoms. The molecule has 2 fully saturated rings. The Labute approximate surface area is 109 Å². The quantitative estimate of drug-likeness (QED) is 0.746. The van der Waals surface area contributed by atoms with E-state index in [1.807, 2.05) is 0 Å². The summed E-state index contributed by atoms with van der Waals surface area (Å²) in [6.07, 6.45) is 5.19. The van der Waals surface area contributed by atoms with Gasteiger partial charge in [0.15, 0.2) is 0 Å². The Hall–Kier alpha value is -0.210. The highest BCUT2D eigenvalue weighted by molar-refractivity contribution is 7.87. The molecule has 2 aliphatic rings. The zero-order valence-corrected chi connectivity index (χ0v) is 11.5. The predicted octanol–water partition coefficient (Wildman–Crippen LogP) is -0.185. The third kappa shape index (κ3) is 3.64. The van der Waals surface area contributed by atoms with Crippen LogP contribution in [0.5, 0.6) is 0 Å². The fraction of sp³-hybridized carbons (Fsp3) is 1.00. The Morgan fingerprint density at radius 1 is 1.17 bits per heavy atom. The minimum atomic E-state index is -3.40. The molecule has 0 unspecified atom stereocenters. The fourth-order valence-electron chi connectivity index (χ4n) is 2.55. The Morgan fingerprint density at radius 3 is 2.39 bits per heavy atom. The van der Waals surface area contributed by atoms with Gasteiger partial charge in [0.2, 0.25) is 0 Å². The lowest BCUT2D eigenvalue weighted by molar-refractivity contribution is 0.0723. The summed E-state index contributed by atoms with van der Waals surface area (Å²) in [5.74, 6) is 0. The highest BCUT2D eigenvalue weighted by atomic mass is 32.2. The van der Waals surface area contributed by atoms with Crippen molar-refractivity contribution in [3.8, 4) is 0 Å². The second-order valence-corrected chi connectivity index (χ2v) is 7.02. The van der Waals surface area contributed by atoms with Crippen LogP contribution < -0.4 is 10.5 Å². The second-order valence-electron chi connectivity index (χ2n) is 5.26. The van der Waals surface area contributed by atoms with Crippen LogP contribution in [0, 0.1) is 0 Å². The highest BCUT2D eigenvalue weighted by Gasteiger charge is 2.31. The first-order valence-corrected chi connectivity index (χ1v) is 8.07. The van der Waals surface area contributed by atoms with Gasteiger partial charge in [0.25, 0.3) is 10.2 Å². The number of rotatable bonds is 4.